The van der Waals surface area contributed by atoms with E-state index >= 15 is 0 Å². The molecule has 1 aromatic carbocycles. The number of rotatable bonds is 3. The topological polar surface area (TPSA) is 46.3 Å². The first-order chi connectivity index (χ1) is 8.58. The third kappa shape index (κ3) is 2.96. The maximum atomic E-state index is 12.2. The van der Waals surface area contributed by atoms with Crippen LogP contribution in [-0.4, -0.2) is 24.4 Å². The van der Waals surface area contributed by atoms with Gasteiger partial charge >= 0.3 is 0 Å². The zero-order valence-corrected chi connectivity index (χ0v) is 11.4. The Hall–Kier alpha value is -1.22. The summed E-state index contributed by atoms with van der Waals surface area (Å²) in [5.41, 5.74) is 6.78. The highest BCUT2D eigenvalue weighted by molar-refractivity contribution is 6.33. The third-order valence-electron chi connectivity index (χ3n) is 3.60. The Balaban J connectivity index is 2.02. The Labute approximate surface area is 113 Å². The van der Waals surface area contributed by atoms with Crippen LogP contribution in [0.1, 0.15) is 36.0 Å². The van der Waals surface area contributed by atoms with Crippen LogP contribution in [0.3, 0.4) is 0 Å². The van der Waals surface area contributed by atoms with Crippen LogP contribution in [0.25, 0.3) is 0 Å². The summed E-state index contributed by atoms with van der Waals surface area (Å²) in [5, 5.41) is 0.491. The van der Waals surface area contributed by atoms with Gasteiger partial charge in [-0.3, -0.25) is 4.79 Å². The normalized spacial score (nSPS) is 15.9. The molecule has 2 rings (SSSR count). The quantitative estimate of drug-likeness (QED) is 0.854. The number of carbonyl (C=O) groups excluding carboxylic acids is 1. The highest BCUT2D eigenvalue weighted by Gasteiger charge is 2.20. The van der Waals surface area contributed by atoms with Crippen molar-refractivity contribution in [2.75, 3.05) is 19.3 Å². The monoisotopic (exact) mass is 266 g/mol. The second kappa shape index (κ2) is 5.61. The van der Waals surface area contributed by atoms with Crippen LogP contribution in [0, 0.1) is 5.92 Å². The van der Waals surface area contributed by atoms with Crippen molar-refractivity contribution in [2.45, 2.75) is 25.7 Å². The van der Waals surface area contributed by atoms with Gasteiger partial charge in [-0.15, -0.1) is 0 Å². The minimum atomic E-state index is 0.0188. The van der Waals surface area contributed by atoms with Gasteiger partial charge in [-0.1, -0.05) is 24.4 Å². The Bertz CT molecular complexity index is 441. The molecule has 18 heavy (non-hydrogen) atoms. The molecule has 98 valence electrons. The fourth-order valence-electron chi connectivity index (χ4n) is 2.56. The number of nitrogens with zero attached hydrogens (tertiary/aromatic N) is 1. The van der Waals surface area contributed by atoms with E-state index in [1.165, 1.54) is 25.7 Å². The number of carbonyl (C=O) groups is 1. The summed E-state index contributed by atoms with van der Waals surface area (Å²) < 4.78 is 0. The van der Waals surface area contributed by atoms with Crippen molar-refractivity contribution in [2.24, 2.45) is 5.92 Å². The van der Waals surface area contributed by atoms with E-state index in [2.05, 4.69) is 0 Å². The molecule has 1 saturated carbocycles. The molecule has 0 aliphatic heterocycles. The van der Waals surface area contributed by atoms with E-state index in [1.54, 1.807) is 23.1 Å². The average Bonchev–Trinajstić information content (AvgIpc) is 2.84. The first kappa shape index (κ1) is 13.2. The van der Waals surface area contributed by atoms with Gasteiger partial charge in [0, 0.05) is 19.2 Å². The van der Waals surface area contributed by atoms with Crippen LogP contribution in [0.15, 0.2) is 18.2 Å². The molecule has 1 aliphatic carbocycles. The SMILES string of the molecule is CN(CC1CCCC1)C(=O)c1ccc(Cl)c(N)c1. The molecule has 1 aliphatic rings. The highest BCUT2D eigenvalue weighted by Crippen LogP contribution is 2.26. The van der Waals surface area contributed by atoms with E-state index in [9.17, 15) is 4.79 Å². The van der Waals surface area contributed by atoms with Crippen molar-refractivity contribution in [1.29, 1.82) is 0 Å². The lowest BCUT2D eigenvalue weighted by molar-refractivity contribution is 0.0773. The largest absolute Gasteiger partial charge is 0.398 e. The molecule has 0 unspecified atom stereocenters. The predicted octanol–water partition coefficient (Wildman–Crippen LogP) is 3.18. The molecule has 3 nitrogen and oxygen atoms in total. The Morgan fingerprint density at radius 2 is 2.11 bits per heavy atom. The second-order valence-electron chi connectivity index (χ2n) is 5.07. The molecular formula is C14H19ClN2O. The fraction of sp³-hybridized carbons (Fsp3) is 0.500. The van der Waals surface area contributed by atoms with Crippen LogP contribution in [-0.2, 0) is 0 Å². The van der Waals surface area contributed by atoms with Crippen LogP contribution in [0.5, 0.6) is 0 Å². The molecule has 0 bridgehead atoms. The van der Waals surface area contributed by atoms with Crippen molar-refractivity contribution in [3.05, 3.63) is 28.8 Å². The van der Waals surface area contributed by atoms with Crippen LogP contribution < -0.4 is 5.73 Å². The Morgan fingerprint density at radius 1 is 1.44 bits per heavy atom. The summed E-state index contributed by atoms with van der Waals surface area (Å²) in [6, 6.07) is 5.05. The van der Waals surface area contributed by atoms with Gasteiger partial charge in [-0.05, 0) is 37.0 Å². The summed E-state index contributed by atoms with van der Waals surface area (Å²) in [6.07, 6.45) is 5.06. The maximum Gasteiger partial charge on any atom is 0.253 e. The summed E-state index contributed by atoms with van der Waals surface area (Å²) in [7, 11) is 1.85. The van der Waals surface area contributed by atoms with Crippen molar-refractivity contribution in [3.8, 4) is 0 Å². The number of hydrogen-bond acceptors (Lipinski definition) is 2. The molecule has 0 heterocycles. The van der Waals surface area contributed by atoms with Gasteiger partial charge in [-0.25, -0.2) is 0 Å². The minimum Gasteiger partial charge on any atom is -0.398 e. The Morgan fingerprint density at radius 3 is 2.72 bits per heavy atom. The van der Waals surface area contributed by atoms with Crippen LogP contribution in [0.4, 0.5) is 5.69 Å². The number of anilines is 1. The number of nitrogens with two attached hydrogens (primary N) is 1. The van der Waals surface area contributed by atoms with Gasteiger partial charge in [0.05, 0.1) is 10.7 Å². The predicted molar refractivity (Wildman–Crippen MR) is 74.8 cm³/mol. The number of amides is 1. The highest BCUT2D eigenvalue weighted by atomic mass is 35.5. The van der Waals surface area contributed by atoms with Crippen molar-refractivity contribution in [1.82, 2.24) is 4.90 Å². The van der Waals surface area contributed by atoms with Gasteiger partial charge < -0.3 is 10.6 Å². The number of nitrogen functional groups attached to an aromatic ring is 1. The van der Waals surface area contributed by atoms with E-state index in [4.69, 9.17) is 17.3 Å². The fourth-order valence-corrected chi connectivity index (χ4v) is 2.68. The first-order valence-electron chi connectivity index (χ1n) is 6.38. The zero-order valence-electron chi connectivity index (χ0n) is 10.7. The molecule has 0 radical (unpaired) electrons. The summed E-state index contributed by atoms with van der Waals surface area (Å²) in [5.74, 6) is 0.675. The first-order valence-corrected chi connectivity index (χ1v) is 6.76. The van der Waals surface area contributed by atoms with Gasteiger partial charge in [0.25, 0.3) is 5.91 Å². The van der Waals surface area contributed by atoms with Crippen molar-refractivity contribution < 1.29 is 4.79 Å². The van der Waals surface area contributed by atoms with Crippen molar-refractivity contribution >= 4 is 23.2 Å². The molecule has 4 heteroatoms. The van der Waals surface area contributed by atoms with Gasteiger partial charge in [0.15, 0.2) is 0 Å². The number of benzene rings is 1. The van der Waals surface area contributed by atoms with Gasteiger partial charge in [-0.2, -0.15) is 0 Å². The number of halogens is 1. The van der Waals surface area contributed by atoms with E-state index in [1.807, 2.05) is 7.05 Å². The molecule has 0 aromatic heterocycles. The van der Waals surface area contributed by atoms with E-state index in [0.717, 1.165) is 6.54 Å². The molecule has 0 saturated heterocycles. The van der Waals surface area contributed by atoms with E-state index < -0.39 is 0 Å². The lowest BCUT2D eigenvalue weighted by Gasteiger charge is -2.21. The molecule has 2 N–H and O–H groups in total. The van der Waals surface area contributed by atoms with E-state index in [0.29, 0.717) is 22.2 Å². The number of hydrogen-bond donors (Lipinski definition) is 1. The summed E-state index contributed by atoms with van der Waals surface area (Å²) >= 11 is 5.85. The lowest BCUT2D eigenvalue weighted by Crippen LogP contribution is -2.31. The molecule has 0 spiro atoms. The lowest BCUT2D eigenvalue weighted by atomic mass is 10.1. The van der Waals surface area contributed by atoms with Gasteiger partial charge in [0.1, 0.15) is 0 Å². The maximum absolute atomic E-state index is 12.2. The molecule has 1 aromatic rings. The van der Waals surface area contributed by atoms with Crippen LogP contribution >= 0.6 is 11.6 Å². The summed E-state index contributed by atoms with van der Waals surface area (Å²) in [6.45, 7) is 0.835. The molecule has 1 amide bonds. The van der Waals surface area contributed by atoms with Crippen molar-refractivity contribution in [3.63, 3.8) is 0 Å². The molecule has 1 fully saturated rings. The minimum absolute atomic E-state index is 0.0188. The van der Waals surface area contributed by atoms with Gasteiger partial charge in [0.2, 0.25) is 0 Å². The molecule has 0 atom stereocenters. The molecular weight excluding hydrogens is 248 g/mol. The zero-order chi connectivity index (χ0) is 13.1. The standard InChI is InChI=1S/C14H19ClN2O/c1-17(9-10-4-2-3-5-10)14(18)11-6-7-12(15)13(16)8-11/h6-8,10H,2-5,9,16H2,1H3. The average molecular weight is 267 g/mol. The van der Waals surface area contributed by atoms with Crippen LogP contribution in [0.2, 0.25) is 5.02 Å². The smallest absolute Gasteiger partial charge is 0.253 e. The van der Waals surface area contributed by atoms with E-state index in [-0.39, 0.29) is 5.91 Å². The second-order valence-corrected chi connectivity index (χ2v) is 5.48. The summed E-state index contributed by atoms with van der Waals surface area (Å²) in [4.78, 5) is 14.0. The third-order valence-corrected chi connectivity index (χ3v) is 3.94. The Kier molecular flexibility index (Phi) is 4.12.